The van der Waals surface area contributed by atoms with E-state index in [1.54, 1.807) is 7.11 Å². The largest absolute Gasteiger partial charge is 0.481 e. The maximum absolute atomic E-state index is 10.9. The van der Waals surface area contributed by atoms with E-state index in [9.17, 15) is 4.79 Å². The Kier molecular flexibility index (Phi) is 4.11. The lowest BCUT2D eigenvalue weighted by molar-refractivity contribution is -0.141. The molecule has 0 saturated heterocycles. The zero-order valence-corrected chi connectivity index (χ0v) is 9.82. The molecule has 88 valence electrons. The van der Waals surface area contributed by atoms with Crippen LogP contribution in [-0.2, 0) is 9.53 Å². The molecule has 0 radical (unpaired) electrons. The minimum Gasteiger partial charge on any atom is -0.481 e. The van der Waals surface area contributed by atoms with Gasteiger partial charge in [-0.2, -0.15) is 0 Å². The summed E-state index contributed by atoms with van der Waals surface area (Å²) < 4.78 is 5.36. The molecule has 2 unspecified atom stereocenters. The average molecular weight is 215 g/mol. The predicted molar refractivity (Wildman–Crippen MR) is 57.9 cm³/mol. The van der Waals surface area contributed by atoms with Gasteiger partial charge in [-0.25, -0.2) is 0 Å². The number of hydrogen-bond acceptors (Lipinski definition) is 3. The standard InChI is InChI=1S/C11H21NO3/c1-12(2)11(8-10(13)14)6-4-5-9(7-11)15-3/h9H,4-8H2,1-3H3,(H,13,14). The lowest BCUT2D eigenvalue weighted by Crippen LogP contribution is -2.50. The summed E-state index contributed by atoms with van der Waals surface area (Å²) in [5, 5.41) is 8.97. The second kappa shape index (κ2) is 4.94. The van der Waals surface area contributed by atoms with Crippen LogP contribution in [0.25, 0.3) is 0 Å². The van der Waals surface area contributed by atoms with E-state index in [1.165, 1.54) is 0 Å². The molecule has 0 aromatic rings. The second-order valence-electron chi connectivity index (χ2n) is 4.64. The first-order valence-corrected chi connectivity index (χ1v) is 5.42. The van der Waals surface area contributed by atoms with E-state index in [0.717, 1.165) is 25.7 Å². The van der Waals surface area contributed by atoms with Gasteiger partial charge in [0.1, 0.15) is 0 Å². The van der Waals surface area contributed by atoms with Gasteiger partial charge in [0.15, 0.2) is 0 Å². The Hall–Kier alpha value is -0.610. The minimum atomic E-state index is -0.722. The Labute approximate surface area is 91.2 Å². The van der Waals surface area contributed by atoms with Crippen LogP contribution in [0.2, 0.25) is 0 Å². The van der Waals surface area contributed by atoms with Gasteiger partial charge in [-0.05, 0) is 39.8 Å². The Balaban J connectivity index is 2.75. The van der Waals surface area contributed by atoms with Gasteiger partial charge in [0.05, 0.1) is 12.5 Å². The number of hydrogen-bond donors (Lipinski definition) is 1. The smallest absolute Gasteiger partial charge is 0.305 e. The highest BCUT2D eigenvalue weighted by molar-refractivity contribution is 5.68. The summed E-state index contributed by atoms with van der Waals surface area (Å²) in [5.41, 5.74) is -0.217. The highest BCUT2D eigenvalue weighted by Crippen LogP contribution is 2.36. The molecule has 15 heavy (non-hydrogen) atoms. The van der Waals surface area contributed by atoms with Crippen LogP contribution >= 0.6 is 0 Å². The van der Waals surface area contributed by atoms with Gasteiger partial charge < -0.3 is 14.7 Å². The van der Waals surface area contributed by atoms with Crippen molar-refractivity contribution >= 4 is 5.97 Å². The molecule has 0 aromatic heterocycles. The maximum atomic E-state index is 10.9. The number of methoxy groups -OCH3 is 1. The van der Waals surface area contributed by atoms with Gasteiger partial charge in [-0.15, -0.1) is 0 Å². The maximum Gasteiger partial charge on any atom is 0.305 e. The Morgan fingerprint density at radius 2 is 2.27 bits per heavy atom. The van der Waals surface area contributed by atoms with Crippen molar-refractivity contribution in [3.63, 3.8) is 0 Å². The molecule has 1 aliphatic carbocycles. The normalized spacial score (nSPS) is 31.9. The van der Waals surface area contributed by atoms with Crippen LogP contribution in [0.15, 0.2) is 0 Å². The van der Waals surface area contributed by atoms with Crippen molar-refractivity contribution in [3.05, 3.63) is 0 Å². The summed E-state index contributed by atoms with van der Waals surface area (Å²) in [6.07, 6.45) is 4.28. The zero-order valence-electron chi connectivity index (χ0n) is 9.82. The highest BCUT2D eigenvalue weighted by atomic mass is 16.5. The Bertz CT molecular complexity index is 230. The molecule has 0 spiro atoms. The topological polar surface area (TPSA) is 49.8 Å². The van der Waals surface area contributed by atoms with Gasteiger partial charge in [0.25, 0.3) is 0 Å². The molecule has 0 aromatic carbocycles. The molecule has 1 fully saturated rings. The number of ether oxygens (including phenoxy) is 1. The van der Waals surface area contributed by atoms with Crippen molar-refractivity contribution in [3.8, 4) is 0 Å². The van der Waals surface area contributed by atoms with Gasteiger partial charge in [-0.3, -0.25) is 4.79 Å². The van der Waals surface area contributed by atoms with Crippen molar-refractivity contribution in [1.29, 1.82) is 0 Å². The van der Waals surface area contributed by atoms with Crippen LogP contribution in [-0.4, -0.2) is 48.8 Å². The van der Waals surface area contributed by atoms with Crippen LogP contribution in [0.4, 0.5) is 0 Å². The molecule has 0 bridgehead atoms. The third-order valence-corrected chi connectivity index (χ3v) is 3.54. The Morgan fingerprint density at radius 1 is 1.60 bits per heavy atom. The summed E-state index contributed by atoms with van der Waals surface area (Å²) in [4.78, 5) is 13.0. The summed E-state index contributed by atoms with van der Waals surface area (Å²) >= 11 is 0. The summed E-state index contributed by atoms with van der Waals surface area (Å²) in [7, 11) is 5.62. The molecule has 4 nitrogen and oxygen atoms in total. The van der Waals surface area contributed by atoms with Crippen molar-refractivity contribution in [2.24, 2.45) is 0 Å². The number of carboxylic acids is 1. The van der Waals surface area contributed by atoms with Gasteiger partial charge in [0, 0.05) is 12.6 Å². The van der Waals surface area contributed by atoms with Crippen LogP contribution in [0.5, 0.6) is 0 Å². The minimum absolute atomic E-state index is 0.208. The first-order valence-electron chi connectivity index (χ1n) is 5.42. The predicted octanol–water partition coefficient (Wildman–Crippen LogP) is 1.35. The van der Waals surface area contributed by atoms with Gasteiger partial charge in [-0.1, -0.05) is 0 Å². The lowest BCUT2D eigenvalue weighted by Gasteiger charge is -2.44. The molecule has 0 amide bonds. The van der Waals surface area contributed by atoms with E-state index in [2.05, 4.69) is 0 Å². The van der Waals surface area contributed by atoms with E-state index < -0.39 is 5.97 Å². The number of nitrogens with zero attached hydrogens (tertiary/aromatic N) is 1. The van der Waals surface area contributed by atoms with E-state index in [4.69, 9.17) is 9.84 Å². The molecular formula is C11H21NO3. The molecule has 1 rings (SSSR count). The molecule has 1 saturated carbocycles. The third kappa shape index (κ3) is 2.92. The average Bonchev–Trinajstić information content (AvgIpc) is 2.16. The number of aliphatic carboxylic acids is 1. The molecule has 1 aliphatic rings. The first kappa shape index (κ1) is 12.5. The lowest BCUT2D eigenvalue weighted by atomic mass is 9.77. The van der Waals surface area contributed by atoms with Crippen LogP contribution in [0, 0.1) is 0 Å². The molecule has 2 atom stereocenters. The van der Waals surface area contributed by atoms with Crippen molar-refractivity contribution in [2.45, 2.75) is 43.7 Å². The zero-order chi connectivity index (χ0) is 11.5. The molecule has 0 aliphatic heterocycles. The van der Waals surface area contributed by atoms with Crippen LogP contribution < -0.4 is 0 Å². The highest BCUT2D eigenvalue weighted by Gasteiger charge is 2.40. The first-order chi connectivity index (χ1) is 7.00. The number of rotatable bonds is 4. The molecule has 1 N–H and O–H groups in total. The molecular weight excluding hydrogens is 194 g/mol. The van der Waals surface area contributed by atoms with Crippen LogP contribution in [0.3, 0.4) is 0 Å². The fourth-order valence-corrected chi connectivity index (χ4v) is 2.49. The molecule has 4 heteroatoms. The van der Waals surface area contributed by atoms with E-state index >= 15 is 0 Å². The quantitative estimate of drug-likeness (QED) is 0.769. The van der Waals surface area contributed by atoms with E-state index in [1.807, 2.05) is 19.0 Å². The van der Waals surface area contributed by atoms with Gasteiger partial charge in [0.2, 0.25) is 0 Å². The van der Waals surface area contributed by atoms with E-state index in [0.29, 0.717) is 0 Å². The summed E-state index contributed by atoms with van der Waals surface area (Å²) in [5.74, 6) is -0.722. The van der Waals surface area contributed by atoms with Crippen molar-refractivity contribution in [1.82, 2.24) is 4.90 Å². The SMILES string of the molecule is COC1CCCC(CC(=O)O)(N(C)C)C1. The van der Waals surface area contributed by atoms with Crippen LogP contribution in [0.1, 0.15) is 32.1 Å². The summed E-state index contributed by atoms with van der Waals surface area (Å²) in [6, 6.07) is 0. The number of carbonyl (C=O) groups is 1. The monoisotopic (exact) mass is 215 g/mol. The summed E-state index contributed by atoms with van der Waals surface area (Å²) in [6.45, 7) is 0. The Morgan fingerprint density at radius 3 is 2.73 bits per heavy atom. The van der Waals surface area contributed by atoms with Gasteiger partial charge >= 0.3 is 5.97 Å². The van der Waals surface area contributed by atoms with Crippen molar-refractivity contribution < 1.29 is 14.6 Å². The second-order valence-corrected chi connectivity index (χ2v) is 4.64. The molecule has 0 heterocycles. The third-order valence-electron chi connectivity index (χ3n) is 3.54. The fraction of sp³-hybridized carbons (Fsp3) is 0.909. The number of carboxylic acid groups (broad SMARTS) is 1. The van der Waals surface area contributed by atoms with Crippen molar-refractivity contribution in [2.75, 3.05) is 21.2 Å². The van der Waals surface area contributed by atoms with E-state index in [-0.39, 0.29) is 18.1 Å². The fourth-order valence-electron chi connectivity index (χ4n) is 2.49.